The molecule has 3 heterocycles. The Morgan fingerprint density at radius 2 is 1.81 bits per heavy atom. The molecule has 132 valence electrons. The number of thioether (sulfide) groups is 1. The van der Waals surface area contributed by atoms with Crippen molar-refractivity contribution in [2.24, 2.45) is 0 Å². The van der Waals surface area contributed by atoms with Crippen LogP contribution in [0.2, 0.25) is 0 Å². The maximum atomic E-state index is 12.4. The molecular formula is C20H17NOS4. The number of aromatic nitrogens is 1. The first kappa shape index (κ1) is 17.9. The van der Waals surface area contributed by atoms with Gasteiger partial charge in [-0.3, -0.25) is 4.79 Å². The summed E-state index contributed by atoms with van der Waals surface area (Å²) in [6, 6.07) is 16.5. The predicted octanol–water partition coefficient (Wildman–Crippen LogP) is 7.15. The smallest absolute Gasteiger partial charge is 0.172 e. The molecule has 0 spiro atoms. The van der Waals surface area contributed by atoms with Crippen LogP contribution in [0.4, 0.5) is 0 Å². The van der Waals surface area contributed by atoms with Gasteiger partial charge in [0.25, 0.3) is 0 Å². The van der Waals surface area contributed by atoms with Gasteiger partial charge >= 0.3 is 0 Å². The second kappa shape index (κ2) is 8.05. The zero-order chi connectivity index (χ0) is 17.9. The molecule has 0 radical (unpaired) electrons. The molecule has 6 heteroatoms. The SMILES string of the molecule is Cc1ccc(-c2ccc(C(=O)CCCSc3nc4ccccc4s3)s2)s1. The van der Waals surface area contributed by atoms with Crippen LogP contribution in [0.1, 0.15) is 27.4 Å². The molecule has 0 aliphatic carbocycles. The van der Waals surface area contributed by atoms with Crippen LogP contribution < -0.4 is 0 Å². The van der Waals surface area contributed by atoms with Gasteiger partial charge in [-0.15, -0.1) is 34.0 Å². The van der Waals surface area contributed by atoms with Gasteiger partial charge in [0, 0.05) is 26.8 Å². The Morgan fingerprint density at radius 1 is 1.00 bits per heavy atom. The normalized spacial score (nSPS) is 11.3. The zero-order valence-corrected chi connectivity index (χ0v) is 17.5. The number of carbonyl (C=O) groups excluding carboxylic acids is 1. The molecule has 4 rings (SSSR count). The van der Waals surface area contributed by atoms with Crippen molar-refractivity contribution in [1.29, 1.82) is 0 Å². The van der Waals surface area contributed by atoms with Gasteiger partial charge in [0.15, 0.2) is 10.1 Å². The molecule has 3 aromatic heterocycles. The second-order valence-electron chi connectivity index (χ2n) is 5.90. The lowest BCUT2D eigenvalue weighted by Gasteiger charge is -1.98. The van der Waals surface area contributed by atoms with Crippen LogP contribution in [0, 0.1) is 6.92 Å². The number of carbonyl (C=O) groups is 1. The molecule has 0 bridgehead atoms. The van der Waals surface area contributed by atoms with Crippen LogP contribution in [0.15, 0.2) is 52.9 Å². The van der Waals surface area contributed by atoms with Crippen LogP contribution >= 0.6 is 45.8 Å². The van der Waals surface area contributed by atoms with Gasteiger partial charge in [0.2, 0.25) is 0 Å². The first-order valence-corrected chi connectivity index (χ1v) is 11.8. The number of fused-ring (bicyclic) bond motifs is 1. The molecule has 2 nitrogen and oxygen atoms in total. The van der Waals surface area contributed by atoms with Gasteiger partial charge in [-0.2, -0.15) is 0 Å². The van der Waals surface area contributed by atoms with Crippen molar-refractivity contribution in [3.05, 3.63) is 58.3 Å². The van der Waals surface area contributed by atoms with Crippen molar-refractivity contribution >= 4 is 61.8 Å². The van der Waals surface area contributed by atoms with E-state index in [0.717, 1.165) is 26.9 Å². The second-order valence-corrected chi connectivity index (χ2v) is 10.6. The van der Waals surface area contributed by atoms with Crippen molar-refractivity contribution in [2.45, 2.75) is 24.1 Å². The fourth-order valence-electron chi connectivity index (χ4n) is 2.62. The summed E-state index contributed by atoms with van der Waals surface area (Å²) < 4.78 is 2.31. The van der Waals surface area contributed by atoms with Crippen LogP contribution in [0.25, 0.3) is 20.0 Å². The van der Waals surface area contributed by atoms with E-state index >= 15 is 0 Å². The fraction of sp³-hybridized carbons (Fsp3) is 0.200. The Morgan fingerprint density at radius 3 is 2.62 bits per heavy atom. The molecule has 0 aliphatic rings. The number of thiophene rings is 2. The maximum absolute atomic E-state index is 12.4. The number of benzene rings is 1. The number of Topliss-reactive ketones (excluding diaryl/α,β-unsaturated/α-hetero) is 1. The highest BCUT2D eigenvalue weighted by Gasteiger charge is 2.12. The van der Waals surface area contributed by atoms with Crippen LogP contribution in [-0.2, 0) is 0 Å². The molecule has 0 atom stereocenters. The number of thiazole rings is 1. The molecular weight excluding hydrogens is 398 g/mol. The highest BCUT2D eigenvalue weighted by Crippen LogP contribution is 2.34. The average Bonchev–Trinajstić information content (AvgIpc) is 3.36. The van der Waals surface area contributed by atoms with Crippen molar-refractivity contribution < 1.29 is 4.79 Å². The van der Waals surface area contributed by atoms with Gasteiger partial charge in [0.1, 0.15) is 0 Å². The standard InChI is InChI=1S/C20H17NOS4/c1-13-8-9-18(24-13)19-11-10-17(25-19)15(22)6-4-12-23-20-21-14-5-2-3-7-16(14)26-20/h2-3,5,7-11H,4,6,12H2,1H3. The van der Waals surface area contributed by atoms with E-state index in [0.29, 0.717) is 6.42 Å². The molecule has 0 saturated heterocycles. The molecule has 26 heavy (non-hydrogen) atoms. The summed E-state index contributed by atoms with van der Waals surface area (Å²) in [5.41, 5.74) is 1.06. The summed E-state index contributed by atoms with van der Waals surface area (Å²) in [4.78, 5) is 21.7. The number of aryl methyl sites for hydroxylation is 1. The Kier molecular flexibility index (Phi) is 5.55. The van der Waals surface area contributed by atoms with E-state index in [4.69, 9.17) is 0 Å². The van der Waals surface area contributed by atoms with E-state index in [9.17, 15) is 4.79 Å². The Labute approximate surface area is 168 Å². The van der Waals surface area contributed by atoms with Crippen LogP contribution in [-0.4, -0.2) is 16.5 Å². The quantitative estimate of drug-likeness (QED) is 0.182. The third-order valence-corrected chi connectivity index (χ3v) is 8.50. The molecule has 0 unspecified atom stereocenters. The lowest BCUT2D eigenvalue weighted by molar-refractivity contribution is 0.0986. The van der Waals surface area contributed by atoms with E-state index in [1.807, 2.05) is 24.3 Å². The summed E-state index contributed by atoms with van der Waals surface area (Å²) in [5.74, 6) is 1.17. The van der Waals surface area contributed by atoms with Crippen molar-refractivity contribution in [3.8, 4) is 9.75 Å². The first-order valence-electron chi connectivity index (χ1n) is 8.37. The summed E-state index contributed by atoms with van der Waals surface area (Å²) in [7, 11) is 0. The molecule has 0 N–H and O–H groups in total. The summed E-state index contributed by atoms with van der Waals surface area (Å²) in [6.45, 7) is 2.11. The Hall–Kier alpha value is -1.47. The zero-order valence-electron chi connectivity index (χ0n) is 14.2. The number of para-hydroxylation sites is 1. The Bertz CT molecular complexity index is 1010. The lowest BCUT2D eigenvalue weighted by Crippen LogP contribution is -1.96. The van der Waals surface area contributed by atoms with Gasteiger partial charge in [-0.25, -0.2) is 4.98 Å². The van der Waals surface area contributed by atoms with Gasteiger partial charge < -0.3 is 0 Å². The van der Waals surface area contributed by atoms with E-state index in [1.165, 1.54) is 19.3 Å². The molecule has 0 aliphatic heterocycles. The van der Waals surface area contributed by atoms with E-state index in [1.54, 1.807) is 45.8 Å². The Balaban J connectivity index is 1.29. The van der Waals surface area contributed by atoms with Gasteiger partial charge in [-0.05, 0) is 49.7 Å². The van der Waals surface area contributed by atoms with Crippen molar-refractivity contribution in [3.63, 3.8) is 0 Å². The number of nitrogens with zero attached hydrogens (tertiary/aromatic N) is 1. The third-order valence-electron chi connectivity index (χ3n) is 3.91. The molecule has 1 aromatic carbocycles. The maximum Gasteiger partial charge on any atom is 0.172 e. The topological polar surface area (TPSA) is 30.0 Å². The van der Waals surface area contributed by atoms with E-state index in [2.05, 4.69) is 36.2 Å². The van der Waals surface area contributed by atoms with Crippen LogP contribution in [0.5, 0.6) is 0 Å². The summed E-state index contributed by atoms with van der Waals surface area (Å²) >= 11 is 6.86. The van der Waals surface area contributed by atoms with E-state index in [-0.39, 0.29) is 5.78 Å². The third kappa shape index (κ3) is 4.09. The highest BCUT2D eigenvalue weighted by molar-refractivity contribution is 8.01. The number of rotatable bonds is 7. The predicted molar refractivity (Wildman–Crippen MR) is 116 cm³/mol. The molecule has 0 amide bonds. The number of ketones is 1. The highest BCUT2D eigenvalue weighted by atomic mass is 32.2. The summed E-state index contributed by atoms with van der Waals surface area (Å²) in [6.07, 6.45) is 1.48. The number of hydrogen-bond donors (Lipinski definition) is 0. The number of hydrogen-bond acceptors (Lipinski definition) is 6. The van der Waals surface area contributed by atoms with E-state index < -0.39 is 0 Å². The minimum Gasteiger partial charge on any atom is -0.293 e. The fourth-order valence-corrected chi connectivity index (χ4v) is 6.62. The summed E-state index contributed by atoms with van der Waals surface area (Å²) in [5, 5.41) is 0. The largest absolute Gasteiger partial charge is 0.293 e. The minimum atomic E-state index is 0.249. The van der Waals surface area contributed by atoms with Gasteiger partial charge in [-0.1, -0.05) is 23.9 Å². The minimum absolute atomic E-state index is 0.249. The average molecular weight is 416 g/mol. The molecule has 4 aromatic rings. The van der Waals surface area contributed by atoms with Crippen molar-refractivity contribution in [2.75, 3.05) is 5.75 Å². The monoisotopic (exact) mass is 415 g/mol. The molecule has 0 fully saturated rings. The van der Waals surface area contributed by atoms with Crippen LogP contribution in [0.3, 0.4) is 0 Å². The first-order chi connectivity index (χ1) is 12.7. The molecule has 0 saturated carbocycles. The lowest BCUT2D eigenvalue weighted by atomic mass is 10.2. The van der Waals surface area contributed by atoms with Gasteiger partial charge in [0.05, 0.1) is 15.1 Å². The van der Waals surface area contributed by atoms with Crippen molar-refractivity contribution in [1.82, 2.24) is 4.98 Å².